The lowest BCUT2D eigenvalue weighted by atomic mass is 10.1. The van der Waals surface area contributed by atoms with Gasteiger partial charge in [0.2, 0.25) is 0 Å². The molecule has 158 valence electrons. The van der Waals surface area contributed by atoms with Crippen LogP contribution in [0.3, 0.4) is 0 Å². The minimum absolute atomic E-state index is 0.00769. The first-order valence-corrected chi connectivity index (χ1v) is 9.78. The summed E-state index contributed by atoms with van der Waals surface area (Å²) >= 11 is 0. The van der Waals surface area contributed by atoms with Gasteiger partial charge < -0.3 is 9.42 Å². The maximum atomic E-state index is 14.1. The van der Waals surface area contributed by atoms with Crippen LogP contribution in [0.1, 0.15) is 27.2 Å². The Morgan fingerprint density at radius 1 is 0.938 bits per heavy atom. The van der Waals surface area contributed by atoms with Crippen LogP contribution in [-0.2, 0) is 13.1 Å². The number of benzene rings is 3. The van der Waals surface area contributed by atoms with E-state index in [0.717, 1.165) is 5.56 Å². The Labute approximate surface area is 183 Å². The van der Waals surface area contributed by atoms with E-state index in [1.807, 2.05) is 6.07 Å². The first-order chi connectivity index (χ1) is 15.5. The lowest BCUT2D eigenvalue weighted by Gasteiger charge is -2.22. The average molecular weight is 429 g/mol. The van der Waals surface area contributed by atoms with Crippen LogP contribution in [0.4, 0.5) is 8.78 Å². The van der Waals surface area contributed by atoms with Crippen LogP contribution >= 0.6 is 0 Å². The largest absolute Gasteiger partial charge is 0.355 e. The van der Waals surface area contributed by atoms with Crippen molar-refractivity contribution in [3.63, 3.8) is 0 Å². The normalized spacial score (nSPS) is 10.5. The molecule has 0 unspecified atom stereocenters. The quantitative estimate of drug-likeness (QED) is 0.415. The number of halogens is 2. The maximum absolute atomic E-state index is 14.1. The molecule has 7 heteroatoms. The Morgan fingerprint density at radius 2 is 1.69 bits per heavy atom. The van der Waals surface area contributed by atoms with Crippen molar-refractivity contribution in [2.75, 3.05) is 0 Å². The third kappa shape index (κ3) is 4.71. The fraction of sp³-hybridized carbons (Fsp3) is 0.0800. The summed E-state index contributed by atoms with van der Waals surface area (Å²) in [5.74, 6) is -1.21. The summed E-state index contributed by atoms with van der Waals surface area (Å²) in [6.45, 7) is 0.321. The summed E-state index contributed by atoms with van der Waals surface area (Å²) in [7, 11) is 0. The zero-order valence-electron chi connectivity index (χ0n) is 16.8. The molecule has 3 aromatic carbocycles. The molecular formula is C25H17F2N3O2. The highest BCUT2D eigenvalue weighted by molar-refractivity contribution is 5.93. The Hall–Kier alpha value is -4.31. The molecule has 0 spiro atoms. The van der Waals surface area contributed by atoms with Crippen LogP contribution in [0.2, 0.25) is 0 Å². The molecule has 4 aromatic rings. The van der Waals surface area contributed by atoms with Gasteiger partial charge in [-0.3, -0.25) is 4.79 Å². The van der Waals surface area contributed by atoms with Crippen LogP contribution in [-0.4, -0.2) is 16.0 Å². The van der Waals surface area contributed by atoms with Gasteiger partial charge in [-0.15, -0.1) is 0 Å². The van der Waals surface area contributed by atoms with Crippen molar-refractivity contribution in [2.45, 2.75) is 13.1 Å². The summed E-state index contributed by atoms with van der Waals surface area (Å²) in [6.07, 6.45) is 0. The van der Waals surface area contributed by atoms with E-state index in [9.17, 15) is 13.6 Å². The Bertz CT molecular complexity index is 1290. The molecule has 1 aromatic heterocycles. The van der Waals surface area contributed by atoms with E-state index in [-0.39, 0.29) is 30.1 Å². The average Bonchev–Trinajstić information content (AvgIpc) is 3.29. The van der Waals surface area contributed by atoms with Gasteiger partial charge in [-0.1, -0.05) is 41.6 Å². The van der Waals surface area contributed by atoms with E-state index in [1.165, 1.54) is 35.2 Å². The molecule has 4 rings (SSSR count). The van der Waals surface area contributed by atoms with Gasteiger partial charge in [-0.05, 0) is 47.5 Å². The fourth-order valence-corrected chi connectivity index (χ4v) is 3.29. The number of nitriles is 1. The molecular weight excluding hydrogens is 412 g/mol. The molecule has 0 atom stereocenters. The zero-order valence-corrected chi connectivity index (χ0v) is 16.8. The number of rotatable bonds is 6. The second kappa shape index (κ2) is 9.23. The predicted octanol–water partition coefficient (Wildman–Crippen LogP) is 5.33. The number of hydrogen-bond donors (Lipinski definition) is 0. The van der Waals surface area contributed by atoms with Crippen LogP contribution in [0, 0.1) is 23.0 Å². The molecule has 0 bridgehead atoms. The summed E-state index contributed by atoms with van der Waals surface area (Å²) < 4.78 is 33.0. The van der Waals surface area contributed by atoms with Crippen molar-refractivity contribution in [3.8, 4) is 17.4 Å². The lowest BCUT2D eigenvalue weighted by Crippen LogP contribution is -2.30. The van der Waals surface area contributed by atoms with Gasteiger partial charge in [0.05, 0.1) is 17.2 Å². The predicted molar refractivity (Wildman–Crippen MR) is 113 cm³/mol. The van der Waals surface area contributed by atoms with Gasteiger partial charge in [-0.25, -0.2) is 8.78 Å². The number of carbonyl (C=O) groups is 1. The van der Waals surface area contributed by atoms with Crippen LogP contribution < -0.4 is 0 Å². The zero-order chi connectivity index (χ0) is 22.5. The summed E-state index contributed by atoms with van der Waals surface area (Å²) in [6, 6.07) is 22.3. The van der Waals surface area contributed by atoms with Gasteiger partial charge in [-0.2, -0.15) is 5.26 Å². The first-order valence-electron chi connectivity index (χ1n) is 9.78. The molecule has 5 nitrogen and oxygen atoms in total. The first kappa shape index (κ1) is 20.9. The van der Waals surface area contributed by atoms with Gasteiger partial charge >= 0.3 is 0 Å². The molecule has 0 saturated carbocycles. The van der Waals surface area contributed by atoms with Gasteiger partial charge in [0, 0.05) is 19.2 Å². The van der Waals surface area contributed by atoms with E-state index in [1.54, 1.807) is 48.5 Å². The topological polar surface area (TPSA) is 70.1 Å². The van der Waals surface area contributed by atoms with E-state index in [4.69, 9.17) is 9.78 Å². The van der Waals surface area contributed by atoms with E-state index < -0.39 is 17.5 Å². The van der Waals surface area contributed by atoms with Crippen molar-refractivity contribution in [2.24, 2.45) is 0 Å². The smallest absolute Gasteiger partial charge is 0.276 e. The molecule has 0 fully saturated rings. The molecule has 0 radical (unpaired) electrons. The Kier molecular flexibility index (Phi) is 6.04. The maximum Gasteiger partial charge on any atom is 0.276 e. The molecule has 0 aliphatic heterocycles. The van der Waals surface area contributed by atoms with Crippen molar-refractivity contribution in [1.82, 2.24) is 10.1 Å². The SMILES string of the molecule is N#Cc1ccc(CN(Cc2cccc(F)c2)C(=O)c2cc(-c3ccccc3F)on2)cc1. The van der Waals surface area contributed by atoms with Gasteiger partial charge in [0.15, 0.2) is 11.5 Å². The molecule has 1 heterocycles. The Morgan fingerprint density at radius 3 is 2.41 bits per heavy atom. The molecule has 32 heavy (non-hydrogen) atoms. The standard InChI is InChI=1S/C25H17F2N3O2/c26-20-5-3-4-19(12-20)16-30(15-18-10-8-17(14-28)9-11-18)25(31)23-13-24(32-29-23)21-6-1-2-7-22(21)27/h1-13H,15-16H2. The number of aromatic nitrogens is 1. The highest BCUT2D eigenvalue weighted by Crippen LogP contribution is 2.24. The third-order valence-electron chi connectivity index (χ3n) is 4.87. The molecule has 0 saturated heterocycles. The minimum atomic E-state index is -0.489. The number of carbonyl (C=O) groups excluding carboxylic acids is 1. The van der Waals surface area contributed by atoms with Crippen LogP contribution in [0.15, 0.2) is 83.4 Å². The second-order valence-corrected chi connectivity index (χ2v) is 7.16. The number of hydrogen-bond acceptors (Lipinski definition) is 4. The van der Waals surface area contributed by atoms with Gasteiger partial charge in [0.25, 0.3) is 5.91 Å². The fourth-order valence-electron chi connectivity index (χ4n) is 3.29. The summed E-state index contributed by atoms with van der Waals surface area (Å²) in [5.41, 5.74) is 2.09. The molecule has 1 amide bonds. The van der Waals surface area contributed by atoms with Crippen LogP contribution in [0.5, 0.6) is 0 Å². The van der Waals surface area contributed by atoms with E-state index in [0.29, 0.717) is 11.1 Å². The van der Waals surface area contributed by atoms with Crippen molar-refractivity contribution < 1.29 is 18.1 Å². The summed E-state index contributed by atoms with van der Waals surface area (Å²) in [4.78, 5) is 14.7. The number of nitrogens with zero attached hydrogens (tertiary/aromatic N) is 3. The minimum Gasteiger partial charge on any atom is -0.355 e. The van der Waals surface area contributed by atoms with E-state index in [2.05, 4.69) is 5.16 Å². The molecule has 0 aliphatic carbocycles. The molecule has 0 N–H and O–H groups in total. The van der Waals surface area contributed by atoms with E-state index >= 15 is 0 Å². The van der Waals surface area contributed by atoms with Gasteiger partial charge in [0.1, 0.15) is 11.6 Å². The highest BCUT2D eigenvalue weighted by Gasteiger charge is 2.22. The highest BCUT2D eigenvalue weighted by atomic mass is 19.1. The van der Waals surface area contributed by atoms with Crippen LogP contribution in [0.25, 0.3) is 11.3 Å². The van der Waals surface area contributed by atoms with Crippen molar-refractivity contribution in [1.29, 1.82) is 5.26 Å². The second-order valence-electron chi connectivity index (χ2n) is 7.16. The monoisotopic (exact) mass is 429 g/mol. The third-order valence-corrected chi connectivity index (χ3v) is 4.87. The van der Waals surface area contributed by atoms with Crippen molar-refractivity contribution in [3.05, 3.63) is 113 Å². The molecule has 0 aliphatic rings. The summed E-state index contributed by atoms with van der Waals surface area (Å²) in [5, 5.41) is 12.8. The number of amides is 1. The Balaban J connectivity index is 1.63. The lowest BCUT2D eigenvalue weighted by molar-refractivity contribution is 0.0719. The van der Waals surface area contributed by atoms with Crippen molar-refractivity contribution >= 4 is 5.91 Å².